The van der Waals surface area contributed by atoms with Crippen molar-refractivity contribution < 1.29 is 14.3 Å². The number of carbonyl (C=O) groups is 2. The predicted octanol–water partition coefficient (Wildman–Crippen LogP) is 3.93. The fourth-order valence-corrected chi connectivity index (χ4v) is 6.56. The first kappa shape index (κ1) is 22.3. The number of fused-ring (bicyclic) bond motifs is 1. The van der Waals surface area contributed by atoms with Crippen molar-refractivity contribution in [1.82, 2.24) is 10.2 Å². The summed E-state index contributed by atoms with van der Waals surface area (Å²) in [7, 11) is 3.12. The highest BCUT2D eigenvalue weighted by Crippen LogP contribution is 2.47. The Morgan fingerprint density at radius 3 is 2.54 bits per heavy atom. The average molecular weight is 470 g/mol. The van der Waals surface area contributed by atoms with Gasteiger partial charge in [-0.3, -0.25) is 14.5 Å². The Labute approximate surface area is 205 Å². The van der Waals surface area contributed by atoms with Crippen LogP contribution in [0.5, 0.6) is 0 Å². The first-order chi connectivity index (χ1) is 17.1. The van der Waals surface area contributed by atoms with Gasteiger partial charge in [0, 0.05) is 44.9 Å². The third-order valence-corrected chi connectivity index (χ3v) is 8.30. The molecule has 2 aliphatic heterocycles. The number of nitrogens with one attached hydrogen (secondary N) is 1. The molecule has 180 valence electrons. The van der Waals surface area contributed by atoms with E-state index in [1.54, 1.807) is 7.05 Å². The van der Waals surface area contributed by atoms with E-state index in [4.69, 9.17) is 4.74 Å². The van der Waals surface area contributed by atoms with E-state index in [1.807, 2.05) is 29.2 Å². The standard InChI is InChI=1S/C29H31N3O3/c1-30-26(33)18-29(35-2)23-11-3-4-12-24(23)32(28(29)34)21-13-15-31(16-14-21)25-17-20-9-5-7-19-8-6-10-22(25)27(19)20/h3-12,21,25H,13-18H2,1-2H3,(H,30,33). The largest absolute Gasteiger partial charge is 0.363 e. The van der Waals surface area contributed by atoms with Gasteiger partial charge in [-0.15, -0.1) is 0 Å². The third kappa shape index (κ3) is 3.31. The van der Waals surface area contributed by atoms with Crippen LogP contribution in [0.3, 0.4) is 0 Å². The Balaban J connectivity index is 1.24. The minimum atomic E-state index is -1.27. The van der Waals surface area contributed by atoms with Crippen LogP contribution in [0.1, 0.15) is 42.0 Å². The molecule has 6 heteroatoms. The van der Waals surface area contributed by atoms with Gasteiger partial charge in [0.05, 0.1) is 12.1 Å². The summed E-state index contributed by atoms with van der Waals surface area (Å²) >= 11 is 0. The van der Waals surface area contributed by atoms with E-state index in [9.17, 15) is 9.59 Å². The van der Waals surface area contributed by atoms with Gasteiger partial charge in [0.15, 0.2) is 5.60 Å². The molecule has 2 atom stereocenters. The Bertz CT molecular complexity index is 1310. The second kappa shape index (κ2) is 8.47. The van der Waals surface area contributed by atoms with E-state index in [2.05, 4.69) is 46.6 Å². The molecule has 6 nitrogen and oxygen atoms in total. The fourth-order valence-electron chi connectivity index (χ4n) is 6.56. The molecule has 2 amide bonds. The summed E-state index contributed by atoms with van der Waals surface area (Å²) in [4.78, 5) is 30.8. The molecule has 0 radical (unpaired) electrons. The fraction of sp³-hybridized carbons (Fsp3) is 0.379. The molecule has 3 aromatic rings. The molecule has 0 saturated carbocycles. The lowest BCUT2D eigenvalue weighted by atomic mass is 9.91. The van der Waals surface area contributed by atoms with Gasteiger partial charge in [-0.1, -0.05) is 54.6 Å². The number of nitrogens with zero attached hydrogens (tertiary/aromatic N) is 2. The van der Waals surface area contributed by atoms with E-state index >= 15 is 0 Å². The van der Waals surface area contributed by atoms with Crippen molar-refractivity contribution in [1.29, 1.82) is 0 Å². The minimum absolute atomic E-state index is 0.0183. The summed E-state index contributed by atoms with van der Waals surface area (Å²) < 4.78 is 5.84. The lowest BCUT2D eigenvalue weighted by Crippen LogP contribution is -2.51. The molecule has 1 fully saturated rings. The minimum Gasteiger partial charge on any atom is -0.363 e. The number of hydrogen-bond donors (Lipinski definition) is 1. The SMILES string of the molecule is CNC(=O)CC1(OC)C(=O)N(C2CCN(C3Cc4cccc5cccc3c45)CC2)c2ccccc21. The number of hydrogen-bond acceptors (Lipinski definition) is 4. The van der Waals surface area contributed by atoms with Crippen LogP contribution in [0, 0.1) is 0 Å². The lowest BCUT2D eigenvalue weighted by molar-refractivity contribution is -0.146. The summed E-state index contributed by atoms with van der Waals surface area (Å²) in [5.74, 6) is -0.331. The molecular weight excluding hydrogens is 438 g/mol. The Hall–Kier alpha value is -3.22. The van der Waals surface area contributed by atoms with E-state index < -0.39 is 5.60 Å². The number of carbonyl (C=O) groups excluding carboxylic acids is 2. The van der Waals surface area contributed by atoms with Gasteiger partial charge in [-0.25, -0.2) is 0 Å². The second-order valence-electron chi connectivity index (χ2n) is 9.92. The Morgan fingerprint density at radius 1 is 1.06 bits per heavy atom. The van der Waals surface area contributed by atoms with Gasteiger partial charge in [-0.2, -0.15) is 0 Å². The normalized spacial score (nSPS) is 24.2. The quantitative estimate of drug-likeness (QED) is 0.615. The first-order valence-corrected chi connectivity index (χ1v) is 12.5. The van der Waals surface area contributed by atoms with Crippen LogP contribution in [0.25, 0.3) is 10.8 Å². The van der Waals surface area contributed by atoms with Crippen molar-refractivity contribution in [2.75, 3.05) is 32.1 Å². The van der Waals surface area contributed by atoms with Crippen LogP contribution in [0.2, 0.25) is 0 Å². The molecule has 0 aromatic heterocycles. The number of benzene rings is 3. The van der Waals surface area contributed by atoms with Crippen LogP contribution in [-0.2, 0) is 26.3 Å². The monoisotopic (exact) mass is 469 g/mol. The Morgan fingerprint density at radius 2 is 1.80 bits per heavy atom. The maximum absolute atomic E-state index is 13.9. The maximum atomic E-state index is 13.9. The number of anilines is 1. The molecule has 1 N–H and O–H groups in total. The lowest BCUT2D eigenvalue weighted by Gasteiger charge is -2.40. The van der Waals surface area contributed by atoms with Crippen LogP contribution >= 0.6 is 0 Å². The van der Waals surface area contributed by atoms with Gasteiger partial charge in [-0.05, 0) is 47.2 Å². The zero-order chi connectivity index (χ0) is 24.2. The number of rotatable bonds is 5. The molecule has 2 unspecified atom stereocenters. The number of ether oxygens (including phenoxy) is 1. The van der Waals surface area contributed by atoms with Gasteiger partial charge >= 0.3 is 0 Å². The molecule has 3 aromatic carbocycles. The van der Waals surface area contributed by atoms with Crippen LogP contribution in [0.15, 0.2) is 60.7 Å². The highest BCUT2D eigenvalue weighted by molar-refractivity contribution is 6.09. The van der Waals surface area contributed by atoms with Crippen molar-refractivity contribution in [3.63, 3.8) is 0 Å². The number of methoxy groups -OCH3 is 1. The highest BCUT2D eigenvalue weighted by atomic mass is 16.5. The van der Waals surface area contributed by atoms with Crippen molar-refractivity contribution in [2.24, 2.45) is 0 Å². The van der Waals surface area contributed by atoms with E-state index in [-0.39, 0.29) is 24.3 Å². The van der Waals surface area contributed by atoms with Crippen molar-refractivity contribution >= 4 is 28.3 Å². The molecule has 2 heterocycles. The molecule has 35 heavy (non-hydrogen) atoms. The van der Waals surface area contributed by atoms with E-state index in [0.29, 0.717) is 6.04 Å². The van der Waals surface area contributed by atoms with Gasteiger partial charge < -0.3 is 15.0 Å². The summed E-state index contributed by atoms with van der Waals surface area (Å²) in [6, 6.07) is 21.5. The van der Waals surface area contributed by atoms with E-state index in [0.717, 1.165) is 43.6 Å². The summed E-state index contributed by atoms with van der Waals surface area (Å²) in [5.41, 5.74) is 3.27. The number of para-hydroxylation sites is 1. The molecule has 0 bridgehead atoms. The molecule has 3 aliphatic rings. The maximum Gasteiger partial charge on any atom is 0.264 e. The van der Waals surface area contributed by atoms with Crippen molar-refractivity contribution in [3.05, 3.63) is 77.4 Å². The first-order valence-electron chi connectivity index (χ1n) is 12.5. The smallest absolute Gasteiger partial charge is 0.264 e. The van der Waals surface area contributed by atoms with Gasteiger partial charge in [0.2, 0.25) is 5.91 Å². The number of amides is 2. The van der Waals surface area contributed by atoms with Crippen molar-refractivity contribution in [2.45, 2.75) is 43.4 Å². The topological polar surface area (TPSA) is 61.9 Å². The second-order valence-corrected chi connectivity index (χ2v) is 9.92. The number of piperidine rings is 1. The predicted molar refractivity (Wildman–Crippen MR) is 136 cm³/mol. The molecule has 0 spiro atoms. The third-order valence-electron chi connectivity index (χ3n) is 8.30. The number of likely N-dealkylation sites (tertiary alicyclic amines) is 1. The summed E-state index contributed by atoms with van der Waals surface area (Å²) in [5, 5.41) is 5.40. The molecule has 6 rings (SSSR count). The van der Waals surface area contributed by atoms with E-state index in [1.165, 1.54) is 29.0 Å². The summed E-state index contributed by atoms with van der Waals surface area (Å²) in [6.45, 7) is 1.86. The van der Waals surface area contributed by atoms with Crippen LogP contribution in [0.4, 0.5) is 5.69 Å². The zero-order valence-electron chi connectivity index (χ0n) is 20.3. The molecule has 1 saturated heterocycles. The average Bonchev–Trinajstić information content (AvgIpc) is 3.39. The van der Waals surface area contributed by atoms with Gasteiger partial charge in [0.25, 0.3) is 5.91 Å². The molecular formula is C29H31N3O3. The van der Waals surface area contributed by atoms with Gasteiger partial charge in [0.1, 0.15) is 0 Å². The van der Waals surface area contributed by atoms with Crippen LogP contribution < -0.4 is 10.2 Å². The van der Waals surface area contributed by atoms with Crippen LogP contribution in [-0.4, -0.2) is 50.0 Å². The summed E-state index contributed by atoms with van der Waals surface area (Å²) in [6.07, 6.45) is 2.81. The highest BCUT2D eigenvalue weighted by Gasteiger charge is 2.54. The zero-order valence-corrected chi connectivity index (χ0v) is 20.3. The molecule has 1 aliphatic carbocycles. The van der Waals surface area contributed by atoms with Crippen molar-refractivity contribution in [3.8, 4) is 0 Å². The Kier molecular flexibility index (Phi) is 5.38.